The number of hydrogen-bond acceptors (Lipinski definition) is 2. The van der Waals surface area contributed by atoms with Crippen LogP contribution < -0.4 is 4.90 Å². The maximum absolute atomic E-state index is 4.60. The molecule has 0 saturated carbocycles. The second-order valence-electron chi connectivity index (χ2n) is 11.9. The number of nitrogens with zero attached hydrogens (tertiary/aromatic N) is 2. The maximum Gasteiger partial charge on any atom is 0.110 e. The Bertz CT molecular complexity index is 1650. The Morgan fingerprint density at radius 3 is 1.73 bits per heavy atom. The molecule has 2 aliphatic rings. The number of rotatable bonds is 4. The second kappa shape index (κ2) is 10.4. The van der Waals surface area contributed by atoms with Crippen molar-refractivity contribution in [2.75, 3.05) is 4.90 Å². The normalized spacial score (nSPS) is 21.0. The van der Waals surface area contributed by atoms with Gasteiger partial charge in [-0.15, -0.1) is 0 Å². The fourth-order valence-electron chi connectivity index (χ4n) is 6.22. The number of fused-ring (bicyclic) bond motifs is 1. The zero-order valence-electron chi connectivity index (χ0n) is 24.5. The summed E-state index contributed by atoms with van der Waals surface area (Å²) >= 11 is 0. The minimum atomic E-state index is -0.204. The third-order valence-electron chi connectivity index (χ3n) is 9.01. The van der Waals surface area contributed by atoms with Gasteiger partial charge in [-0.1, -0.05) is 116 Å². The first-order chi connectivity index (χ1) is 19.8. The van der Waals surface area contributed by atoms with Crippen LogP contribution in [-0.4, -0.2) is 16.0 Å². The highest BCUT2D eigenvalue weighted by Gasteiger charge is 2.55. The van der Waals surface area contributed by atoms with E-state index in [2.05, 4.69) is 178 Å². The van der Waals surface area contributed by atoms with Gasteiger partial charge in [0.2, 0.25) is 0 Å². The predicted octanol–water partition coefficient (Wildman–Crippen LogP) is 10.1. The van der Waals surface area contributed by atoms with Crippen LogP contribution in [0.25, 0.3) is 27.8 Å². The number of allylic oxidation sites excluding steroid dienone is 5. The molecule has 2 heterocycles. The van der Waals surface area contributed by atoms with Crippen LogP contribution in [0.15, 0.2) is 152 Å². The molecule has 4 aromatic carbocycles. The molecule has 4 aromatic rings. The maximum atomic E-state index is 4.60. The molecule has 6 rings (SSSR count). The first-order valence-corrected chi connectivity index (χ1v) is 14.5. The summed E-state index contributed by atoms with van der Waals surface area (Å²) < 4.78 is 0. The monoisotopic (exact) mass is 534 g/mol. The van der Waals surface area contributed by atoms with Crippen molar-refractivity contribution in [2.45, 2.75) is 45.2 Å². The molecule has 0 atom stereocenters. The summed E-state index contributed by atoms with van der Waals surface area (Å²) in [6, 6.07) is 38.9. The van der Waals surface area contributed by atoms with Crippen molar-refractivity contribution in [1.82, 2.24) is 4.90 Å². The van der Waals surface area contributed by atoms with Crippen molar-refractivity contribution in [3.63, 3.8) is 0 Å². The SMILES string of the molecule is C=C1/C=C\C(c2ccccc2-c2ccccc2)=C/C/C=C2\N1C(C)(C)C(C)(C)N2c1ccc(-c2ccccc2)cc1. The zero-order valence-corrected chi connectivity index (χ0v) is 24.5. The molecule has 0 spiro atoms. The Labute approximate surface area is 245 Å². The van der Waals surface area contributed by atoms with Crippen LogP contribution >= 0.6 is 0 Å². The van der Waals surface area contributed by atoms with Gasteiger partial charge in [0.25, 0.3) is 0 Å². The van der Waals surface area contributed by atoms with Crippen LogP contribution in [-0.2, 0) is 0 Å². The van der Waals surface area contributed by atoms with Crippen LogP contribution in [0, 0.1) is 0 Å². The molecule has 41 heavy (non-hydrogen) atoms. The summed E-state index contributed by atoms with van der Waals surface area (Å²) in [5.41, 5.74) is 9.15. The summed E-state index contributed by atoms with van der Waals surface area (Å²) in [6.07, 6.45) is 9.95. The van der Waals surface area contributed by atoms with Gasteiger partial charge in [0, 0.05) is 11.4 Å². The quantitative estimate of drug-likeness (QED) is 0.257. The molecule has 0 amide bonds. The van der Waals surface area contributed by atoms with Gasteiger partial charge in [-0.05, 0) is 91.8 Å². The van der Waals surface area contributed by atoms with Crippen LogP contribution in [0.4, 0.5) is 5.69 Å². The minimum absolute atomic E-state index is 0.185. The summed E-state index contributed by atoms with van der Waals surface area (Å²) in [5, 5.41) is 0. The largest absolute Gasteiger partial charge is 0.321 e. The van der Waals surface area contributed by atoms with Crippen molar-refractivity contribution in [1.29, 1.82) is 0 Å². The highest BCUT2D eigenvalue weighted by atomic mass is 15.5. The van der Waals surface area contributed by atoms with Gasteiger partial charge in [-0.3, -0.25) is 0 Å². The van der Waals surface area contributed by atoms with Crippen LogP contribution in [0.2, 0.25) is 0 Å². The highest BCUT2D eigenvalue weighted by molar-refractivity contribution is 5.86. The van der Waals surface area contributed by atoms with E-state index in [-0.39, 0.29) is 11.1 Å². The number of anilines is 1. The van der Waals surface area contributed by atoms with Crippen molar-refractivity contribution < 1.29 is 0 Å². The number of hydrogen-bond donors (Lipinski definition) is 0. The molecule has 0 bridgehead atoms. The van der Waals surface area contributed by atoms with E-state index in [0.717, 1.165) is 12.1 Å². The van der Waals surface area contributed by atoms with Crippen molar-refractivity contribution >= 4 is 11.3 Å². The van der Waals surface area contributed by atoms with Crippen molar-refractivity contribution in [3.05, 3.63) is 157 Å². The molecule has 0 aromatic heterocycles. The molecule has 0 unspecified atom stereocenters. The highest BCUT2D eigenvalue weighted by Crippen LogP contribution is 2.50. The lowest BCUT2D eigenvalue weighted by Gasteiger charge is -2.42. The molecule has 1 saturated heterocycles. The zero-order chi connectivity index (χ0) is 28.6. The summed E-state index contributed by atoms with van der Waals surface area (Å²) in [6.45, 7) is 13.9. The molecule has 1 fully saturated rings. The Balaban J connectivity index is 1.42. The Morgan fingerprint density at radius 2 is 1.07 bits per heavy atom. The summed E-state index contributed by atoms with van der Waals surface area (Å²) in [5.74, 6) is 1.18. The smallest absolute Gasteiger partial charge is 0.110 e. The fraction of sp³-hybridized carbons (Fsp3) is 0.179. The van der Waals surface area contributed by atoms with Gasteiger partial charge in [0.15, 0.2) is 0 Å². The Hall–Kier alpha value is -4.56. The van der Waals surface area contributed by atoms with E-state index in [1.54, 1.807) is 0 Å². The molecule has 0 aliphatic carbocycles. The van der Waals surface area contributed by atoms with Gasteiger partial charge in [-0.2, -0.15) is 0 Å². The summed E-state index contributed by atoms with van der Waals surface area (Å²) in [4.78, 5) is 4.92. The van der Waals surface area contributed by atoms with Gasteiger partial charge in [-0.25, -0.2) is 0 Å². The van der Waals surface area contributed by atoms with Gasteiger partial charge < -0.3 is 9.80 Å². The first kappa shape index (κ1) is 26.7. The molecule has 2 nitrogen and oxygen atoms in total. The third kappa shape index (κ3) is 4.64. The van der Waals surface area contributed by atoms with E-state index in [1.807, 2.05) is 0 Å². The second-order valence-corrected chi connectivity index (χ2v) is 11.9. The van der Waals surface area contributed by atoms with Crippen molar-refractivity contribution in [2.24, 2.45) is 0 Å². The van der Waals surface area contributed by atoms with Crippen LogP contribution in [0.5, 0.6) is 0 Å². The van der Waals surface area contributed by atoms with Crippen molar-refractivity contribution in [3.8, 4) is 22.3 Å². The van der Waals surface area contributed by atoms with E-state index in [4.69, 9.17) is 0 Å². The molecule has 0 N–H and O–H groups in total. The van der Waals surface area contributed by atoms with E-state index in [1.165, 1.54) is 44.9 Å². The standard InChI is InChI=1S/C39H38N2/c1-29-23-24-33(36-21-13-12-20-35(36)32-17-10-7-11-18-32)19-14-22-37-40(29)38(2,3)39(4,5)41(37)34-27-25-31(26-28-34)30-15-8-6-9-16-30/h6-13,15-28H,1,14H2,2-5H3/b24-23-,33-19+,37-22+. The molecule has 2 aliphatic heterocycles. The lowest BCUT2D eigenvalue weighted by atomic mass is 9.82. The Kier molecular flexibility index (Phi) is 6.79. The lowest BCUT2D eigenvalue weighted by molar-refractivity contribution is 0.193. The van der Waals surface area contributed by atoms with Crippen LogP contribution in [0.3, 0.4) is 0 Å². The summed E-state index contributed by atoms with van der Waals surface area (Å²) in [7, 11) is 0. The number of benzene rings is 4. The predicted molar refractivity (Wildman–Crippen MR) is 175 cm³/mol. The van der Waals surface area contributed by atoms with E-state index < -0.39 is 0 Å². The van der Waals surface area contributed by atoms with E-state index in [0.29, 0.717) is 0 Å². The topological polar surface area (TPSA) is 6.48 Å². The fourth-order valence-corrected chi connectivity index (χ4v) is 6.22. The molecule has 0 radical (unpaired) electrons. The molecular formula is C39H38N2. The van der Waals surface area contributed by atoms with Gasteiger partial charge in [0.05, 0.1) is 11.1 Å². The minimum Gasteiger partial charge on any atom is -0.321 e. The third-order valence-corrected chi connectivity index (χ3v) is 9.01. The average molecular weight is 535 g/mol. The molecular weight excluding hydrogens is 496 g/mol. The lowest BCUT2D eigenvalue weighted by Crippen LogP contribution is -2.53. The van der Waals surface area contributed by atoms with E-state index >= 15 is 0 Å². The van der Waals surface area contributed by atoms with Crippen LogP contribution in [0.1, 0.15) is 39.7 Å². The molecule has 2 heteroatoms. The first-order valence-electron chi connectivity index (χ1n) is 14.5. The van der Waals surface area contributed by atoms with E-state index in [9.17, 15) is 0 Å². The van der Waals surface area contributed by atoms with Gasteiger partial charge in [0.1, 0.15) is 5.82 Å². The molecule has 204 valence electrons. The average Bonchev–Trinajstić information content (AvgIpc) is 3.20. The van der Waals surface area contributed by atoms with Gasteiger partial charge >= 0.3 is 0 Å². The Morgan fingerprint density at radius 1 is 0.537 bits per heavy atom.